The molecule has 0 bridgehead atoms. The van der Waals surface area contributed by atoms with Crippen LogP contribution >= 0.6 is 0 Å². The molecule has 0 radical (unpaired) electrons. The van der Waals surface area contributed by atoms with Crippen molar-refractivity contribution in [2.24, 2.45) is 28.6 Å². The summed E-state index contributed by atoms with van der Waals surface area (Å²) in [6.07, 6.45) is 10.6. The number of carbonyl (C=O) groups excluding carboxylic acids is 2. The van der Waals surface area contributed by atoms with Crippen molar-refractivity contribution in [3.8, 4) is 0 Å². The van der Waals surface area contributed by atoms with Crippen LogP contribution in [0.5, 0.6) is 0 Å². The summed E-state index contributed by atoms with van der Waals surface area (Å²) in [5.41, 5.74) is 3.53. The van der Waals surface area contributed by atoms with E-state index in [1.54, 1.807) is 6.92 Å². The van der Waals surface area contributed by atoms with Gasteiger partial charge in [-0.1, -0.05) is 25.5 Å². The van der Waals surface area contributed by atoms with Crippen LogP contribution < -0.4 is 10.6 Å². The third-order valence-electron chi connectivity index (χ3n) is 8.93. The minimum atomic E-state index is -1.25. The summed E-state index contributed by atoms with van der Waals surface area (Å²) < 4.78 is 0. The lowest BCUT2D eigenvalue weighted by molar-refractivity contribution is -0.310. The molecule has 2 N–H and O–H groups in total. The van der Waals surface area contributed by atoms with E-state index >= 15 is 0 Å². The second kappa shape index (κ2) is 6.95. The van der Waals surface area contributed by atoms with Crippen LogP contribution in [0.4, 0.5) is 0 Å². The standard InChI is InChI=1S/C23H33NO5/c1-14(25)23(28)11-8-19-17-5-4-15-12-16(24-29-13-20(26)27)6-9-21(15,2)18(17)7-10-22(19,23)3/h6,12,17-19,24,28H,4-5,7-11,13H2,1-3H3,(H,26,27)/p-1/t17-,18-,19+,21-,22-,23+/m0/s1. The van der Waals surface area contributed by atoms with E-state index in [4.69, 9.17) is 4.84 Å². The third-order valence-corrected chi connectivity index (χ3v) is 8.93. The first-order chi connectivity index (χ1) is 13.6. The number of nitrogens with one attached hydrogen (secondary N) is 1. The Labute approximate surface area is 172 Å². The Kier molecular flexibility index (Phi) is 4.94. The molecule has 3 fully saturated rings. The van der Waals surface area contributed by atoms with Crippen molar-refractivity contribution in [3.63, 3.8) is 0 Å². The molecule has 0 aromatic carbocycles. The fourth-order valence-corrected chi connectivity index (χ4v) is 7.26. The molecule has 4 aliphatic carbocycles. The van der Waals surface area contributed by atoms with Gasteiger partial charge >= 0.3 is 0 Å². The summed E-state index contributed by atoms with van der Waals surface area (Å²) in [5, 5.41) is 21.8. The van der Waals surface area contributed by atoms with E-state index in [0.29, 0.717) is 24.2 Å². The molecule has 0 heterocycles. The van der Waals surface area contributed by atoms with Crippen molar-refractivity contribution in [2.45, 2.75) is 71.3 Å². The number of allylic oxidation sites excluding steroid dienone is 3. The van der Waals surface area contributed by atoms with E-state index in [1.807, 2.05) is 0 Å². The first-order valence-electron chi connectivity index (χ1n) is 10.8. The molecule has 6 heteroatoms. The van der Waals surface area contributed by atoms with Crippen molar-refractivity contribution in [2.75, 3.05) is 6.61 Å². The average Bonchev–Trinajstić information content (AvgIpc) is 2.94. The number of Topliss-reactive ketones (excluding diaryl/α,β-unsaturated/α-hetero) is 1. The van der Waals surface area contributed by atoms with Gasteiger partial charge in [0.2, 0.25) is 0 Å². The van der Waals surface area contributed by atoms with Crippen molar-refractivity contribution in [3.05, 3.63) is 23.4 Å². The minimum absolute atomic E-state index is 0.0701. The van der Waals surface area contributed by atoms with Gasteiger partial charge in [-0.2, -0.15) is 0 Å². The topological polar surface area (TPSA) is 98.7 Å². The summed E-state index contributed by atoms with van der Waals surface area (Å²) in [6.45, 7) is 5.56. The van der Waals surface area contributed by atoms with Gasteiger partial charge in [0, 0.05) is 5.41 Å². The van der Waals surface area contributed by atoms with Crippen LogP contribution in [0.25, 0.3) is 0 Å². The molecule has 0 unspecified atom stereocenters. The van der Waals surface area contributed by atoms with Gasteiger partial charge in [0.25, 0.3) is 0 Å². The fraction of sp³-hybridized carbons (Fsp3) is 0.739. The Morgan fingerprint density at radius 1 is 1.24 bits per heavy atom. The highest BCUT2D eigenvalue weighted by molar-refractivity contribution is 5.86. The third kappa shape index (κ3) is 2.98. The molecule has 6 nitrogen and oxygen atoms in total. The number of aliphatic carboxylic acids is 1. The molecule has 6 atom stereocenters. The largest absolute Gasteiger partial charge is 0.548 e. The molecule has 4 aliphatic rings. The van der Waals surface area contributed by atoms with Crippen LogP contribution in [-0.2, 0) is 14.4 Å². The van der Waals surface area contributed by atoms with Crippen LogP contribution in [0.2, 0.25) is 0 Å². The lowest BCUT2D eigenvalue weighted by Crippen LogP contribution is -2.56. The molecule has 160 valence electrons. The van der Waals surface area contributed by atoms with Crippen molar-refractivity contribution in [1.29, 1.82) is 0 Å². The SMILES string of the molecule is CC(=O)[C@]1(O)CC[C@@H]2[C@H]3CCC4=CC(NOCC(=O)[O-])=CC[C@]4(C)[C@H]3CC[C@@]21C. The quantitative estimate of drug-likeness (QED) is 0.683. The second-order valence-electron chi connectivity index (χ2n) is 10.0. The number of hydrogen-bond acceptors (Lipinski definition) is 6. The maximum Gasteiger partial charge on any atom is 0.161 e. The number of hydrogen-bond donors (Lipinski definition) is 2. The lowest BCUT2D eigenvalue weighted by Gasteiger charge is -2.58. The molecule has 0 aromatic heterocycles. The van der Waals surface area contributed by atoms with Crippen LogP contribution in [-0.4, -0.2) is 29.1 Å². The summed E-state index contributed by atoms with van der Waals surface area (Å²) >= 11 is 0. The van der Waals surface area contributed by atoms with Gasteiger partial charge in [-0.25, -0.2) is 0 Å². The van der Waals surface area contributed by atoms with Crippen LogP contribution in [0, 0.1) is 28.6 Å². The van der Waals surface area contributed by atoms with Crippen molar-refractivity contribution < 1.29 is 24.6 Å². The maximum atomic E-state index is 12.3. The number of carboxylic acid groups (broad SMARTS) is 1. The Morgan fingerprint density at radius 3 is 2.66 bits per heavy atom. The molecular weight excluding hydrogens is 370 g/mol. The molecule has 0 aromatic rings. The highest BCUT2D eigenvalue weighted by Crippen LogP contribution is 2.67. The zero-order valence-electron chi connectivity index (χ0n) is 17.6. The predicted octanol–water partition coefficient (Wildman–Crippen LogP) is 2.03. The van der Waals surface area contributed by atoms with E-state index in [1.165, 1.54) is 5.57 Å². The van der Waals surface area contributed by atoms with Crippen molar-refractivity contribution in [1.82, 2.24) is 5.48 Å². The monoisotopic (exact) mass is 402 g/mol. The number of fused-ring (bicyclic) bond motifs is 5. The predicted molar refractivity (Wildman–Crippen MR) is 105 cm³/mol. The highest BCUT2D eigenvalue weighted by atomic mass is 16.7. The highest BCUT2D eigenvalue weighted by Gasteiger charge is 2.65. The molecule has 4 rings (SSSR count). The van der Waals surface area contributed by atoms with E-state index < -0.39 is 18.2 Å². The van der Waals surface area contributed by atoms with Gasteiger partial charge < -0.3 is 15.0 Å². The number of carboxylic acids is 1. The summed E-state index contributed by atoms with van der Waals surface area (Å²) in [7, 11) is 0. The molecule has 0 saturated heterocycles. The fourth-order valence-electron chi connectivity index (χ4n) is 7.26. The zero-order chi connectivity index (χ0) is 21.0. The Balaban J connectivity index is 1.53. The number of hydroxylamine groups is 1. The maximum absolute atomic E-state index is 12.3. The van der Waals surface area contributed by atoms with Crippen molar-refractivity contribution >= 4 is 11.8 Å². The Hall–Kier alpha value is -1.66. The van der Waals surface area contributed by atoms with Gasteiger partial charge in [0.05, 0.1) is 11.7 Å². The molecule has 0 amide bonds. The lowest BCUT2D eigenvalue weighted by atomic mass is 9.46. The van der Waals surface area contributed by atoms with Gasteiger partial charge in [-0.3, -0.25) is 15.1 Å². The van der Waals surface area contributed by atoms with Crippen LogP contribution in [0.15, 0.2) is 23.4 Å². The average molecular weight is 403 g/mol. The van der Waals surface area contributed by atoms with E-state index in [0.717, 1.165) is 44.2 Å². The zero-order valence-corrected chi connectivity index (χ0v) is 17.6. The van der Waals surface area contributed by atoms with Gasteiger partial charge in [-0.15, -0.1) is 0 Å². The van der Waals surface area contributed by atoms with Gasteiger partial charge in [-0.05, 0) is 81.1 Å². The summed E-state index contributed by atoms with van der Waals surface area (Å²) in [6, 6.07) is 0. The second-order valence-corrected chi connectivity index (χ2v) is 10.0. The van der Waals surface area contributed by atoms with E-state index in [2.05, 4.69) is 31.5 Å². The molecule has 0 spiro atoms. The van der Waals surface area contributed by atoms with Crippen LogP contribution in [0.3, 0.4) is 0 Å². The Bertz CT molecular complexity index is 788. The molecule has 3 saturated carbocycles. The number of ketones is 1. The van der Waals surface area contributed by atoms with E-state index in [9.17, 15) is 19.8 Å². The molecule has 29 heavy (non-hydrogen) atoms. The minimum Gasteiger partial charge on any atom is -0.548 e. The molecule has 0 aliphatic heterocycles. The first kappa shape index (κ1) is 20.6. The van der Waals surface area contributed by atoms with Crippen LogP contribution in [0.1, 0.15) is 65.7 Å². The summed E-state index contributed by atoms with van der Waals surface area (Å²) in [4.78, 5) is 27.8. The normalized spacial score (nSPS) is 43.4. The smallest absolute Gasteiger partial charge is 0.161 e. The van der Waals surface area contributed by atoms with Gasteiger partial charge in [0.15, 0.2) is 5.78 Å². The summed E-state index contributed by atoms with van der Waals surface area (Å²) in [5.74, 6) is 0.137. The number of rotatable bonds is 5. The van der Waals surface area contributed by atoms with E-state index in [-0.39, 0.29) is 16.6 Å². The molecular formula is C23H32NO5-. The number of aliphatic hydroxyl groups is 1. The Morgan fingerprint density at radius 2 is 1.97 bits per heavy atom. The number of carbonyl (C=O) groups is 2. The van der Waals surface area contributed by atoms with Gasteiger partial charge in [0.1, 0.15) is 12.2 Å². The first-order valence-corrected chi connectivity index (χ1v) is 10.8.